The van der Waals surface area contributed by atoms with Crippen LogP contribution in [0.1, 0.15) is 78.9 Å². The normalized spacial score (nSPS) is 14.2. The number of carbonyl (C=O) groups is 4. The maximum Gasteiger partial charge on any atom is 0.243 e. The standard InChI is InChI=1S/C36H54N4O6/c1-8-27(9-2)38-31(42)21-28(36(5,6)7)33(43)37-22-30(41)29(20-25-16-12-10-13-17-25)39-34(44)32(24(3)4)40(35(45)46)23-26-18-14-11-15-19-26/h10-19,24,27-30,32,41H,8-9,20-23H2,1-7H3,(H,37,43)(H,38,42)(H,39,44)(H,45,46)/p-1/t28-,29-,30+,32-/m0/s1. The Morgan fingerprint density at radius 1 is 0.848 bits per heavy atom. The van der Waals surface area contributed by atoms with Crippen molar-refractivity contribution in [1.82, 2.24) is 20.9 Å². The number of aliphatic hydroxyl groups is 1. The second kappa shape index (κ2) is 18.3. The quantitative estimate of drug-likeness (QED) is 0.209. The van der Waals surface area contributed by atoms with E-state index in [1.165, 1.54) is 0 Å². The van der Waals surface area contributed by atoms with E-state index in [4.69, 9.17) is 0 Å². The Hall–Kier alpha value is -3.92. The summed E-state index contributed by atoms with van der Waals surface area (Å²) >= 11 is 0. The summed E-state index contributed by atoms with van der Waals surface area (Å²) in [5, 5.41) is 32.3. The third kappa shape index (κ3) is 12.1. The highest BCUT2D eigenvalue weighted by Crippen LogP contribution is 2.29. The van der Waals surface area contributed by atoms with E-state index in [2.05, 4.69) is 16.0 Å². The molecule has 46 heavy (non-hydrogen) atoms. The molecule has 0 spiro atoms. The predicted octanol–water partition coefficient (Wildman–Crippen LogP) is 3.42. The number of carbonyl (C=O) groups excluding carboxylic acids is 4. The molecule has 254 valence electrons. The number of benzene rings is 2. The van der Waals surface area contributed by atoms with E-state index in [1.54, 1.807) is 38.1 Å². The molecule has 2 aromatic rings. The van der Waals surface area contributed by atoms with Crippen LogP contribution in [0.3, 0.4) is 0 Å². The first-order valence-corrected chi connectivity index (χ1v) is 16.3. The van der Waals surface area contributed by atoms with Crippen molar-refractivity contribution in [2.24, 2.45) is 17.3 Å². The van der Waals surface area contributed by atoms with Gasteiger partial charge >= 0.3 is 0 Å². The van der Waals surface area contributed by atoms with E-state index in [1.807, 2.05) is 71.0 Å². The van der Waals surface area contributed by atoms with Crippen molar-refractivity contribution in [1.29, 1.82) is 0 Å². The molecule has 0 unspecified atom stereocenters. The lowest BCUT2D eigenvalue weighted by Crippen LogP contribution is -2.59. The lowest BCUT2D eigenvalue weighted by molar-refractivity contribution is -0.269. The van der Waals surface area contributed by atoms with Gasteiger partial charge in [0.1, 0.15) is 12.1 Å². The molecule has 4 amide bonds. The van der Waals surface area contributed by atoms with Gasteiger partial charge in [-0.2, -0.15) is 0 Å². The molecule has 0 radical (unpaired) electrons. The molecule has 0 aromatic heterocycles. The Morgan fingerprint density at radius 2 is 1.39 bits per heavy atom. The van der Waals surface area contributed by atoms with Gasteiger partial charge in [0, 0.05) is 25.6 Å². The minimum Gasteiger partial charge on any atom is -0.530 e. The number of carboxylic acid groups (broad SMARTS) is 1. The van der Waals surface area contributed by atoms with Gasteiger partial charge in [0.05, 0.1) is 18.1 Å². The SMILES string of the molecule is CCC(CC)NC(=O)C[C@@H](C(=O)NC[C@@H](O)[C@H](Cc1ccccc1)NC(=O)[C@H](C(C)C)N(Cc1ccccc1)C(=O)[O-])C(C)(C)C. The highest BCUT2D eigenvalue weighted by molar-refractivity contribution is 5.87. The van der Waals surface area contributed by atoms with E-state index in [0.717, 1.165) is 23.3 Å². The minimum atomic E-state index is -1.48. The van der Waals surface area contributed by atoms with Crippen molar-refractivity contribution in [3.63, 3.8) is 0 Å². The molecule has 0 saturated heterocycles. The lowest BCUT2D eigenvalue weighted by Gasteiger charge is -2.37. The summed E-state index contributed by atoms with van der Waals surface area (Å²) in [6, 6.07) is 16.3. The number of rotatable bonds is 17. The van der Waals surface area contributed by atoms with Crippen molar-refractivity contribution in [3.8, 4) is 0 Å². The highest BCUT2D eigenvalue weighted by Gasteiger charge is 2.35. The van der Waals surface area contributed by atoms with E-state index < -0.39 is 47.4 Å². The zero-order chi connectivity index (χ0) is 34.4. The van der Waals surface area contributed by atoms with Crippen molar-refractivity contribution < 1.29 is 29.4 Å². The van der Waals surface area contributed by atoms with Crippen molar-refractivity contribution in [2.75, 3.05) is 6.54 Å². The zero-order valence-electron chi connectivity index (χ0n) is 28.4. The molecule has 10 heteroatoms. The van der Waals surface area contributed by atoms with Crippen molar-refractivity contribution in [3.05, 3.63) is 71.8 Å². The van der Waals surface area contributed by atoms with Crippen LogP contribution < -0.4 is 21.1 Å². The number of hydrogen-bond donors (Lipinski definition) is 4. The maximum atomic E-state index is 13.8. The van der Waals surface area contributed by atoms with Gasteiger partial charge in [-0.1, -0.05) is 109 Å². The Bertz CT molecular complexity index is 1240. The second-order valence-electron chi connectivity index (χ2n) is 13.4. The van der Waals surface area contributed by atoms with Gasteiger partial charge < -0.3 is 35.9 Å². The Kier molecular flexibility index (Phi) is 15.2. The first-order valence-electron chi connectivity index (χ1n) is 16.3. The number of hydrogen-bond acceptors (Lipinski definition) is 6. The van der Waals surface area contributed by atoms with Crippen LogP contribution in [0.4, 0.5) is 4.79 Å². The molecule has 0 fully saturated rings. The van der Waals surface area contributed by atoms with Crippen LogP contribution in [-0.2, 0) is 27.3 Å². The summed E-state index contributed by atoms with van der Waals surface area (Å²) < 4.78 is 0. The number of amides is 4. The van der Waals surface area contributed by atoms with Gasteiger partial charge in [-0.05, 0) is 41.7 Å². The summed E-state index contributed by atoms with van der Waals surface area (Å²) in [6.45, 7) is 12.9. The predicted molar refractivity (Wildman–Crippen MR) is 177 cm³/mol. The molecule has 0 aliphatic rings. The van der Waals surface area contributed by atoms with E-state index in [9.17, 15) is 29.4 Å². The van der Waals surface area contributed by atoms with Crippen LogP contribution in [-0.4, -0.2) is 64.6 Å². The van der Waals surface area contributed by atoms with Gasteiger partial charge in [-0.15, -0.1) is 0 Å². The third-order valence-electron chi connectivity index (χ3n) is 8.34. The number of nitrogens with one attached hydrogen (secondary N) is 3. The lowest BCUT2D eigenvalue weighted by atomic mass is 9.78. The molecular formula is C36H53N4O6-. The highest BCUT2D eigenvalue weighted by atomic mass is 16.4. The van der Waals surface area contributed by atoms with E-state index in [0.29, 0.717) is 5.56 Å². The van der Waals surface area contributed by atoms with Crippen LogP contribution in [0.5, 0.6) is 0 Å². The van der Waals surface area contributed by atoms with Gasteiger partial charge in [0.2, 0.25) is 17.7 Å². The van der Waals surface area contributed by atoms with Gasteiger partial charge in [-0.3, -0.25) is 14.4 Å². The van der Waals surface area contributed by atoms with E-state index in [-0.39, 0.29) is 43.8 Å². The average molecular weight is 638 g/mol. The fraction of sp³-hybridized carbons (Fsp3) is 0.556. The van der Waals surface area contributed by atoms with Gasteiger partial charge in [0.15, 0.2) is 0 Å². The first kappa shape index (κ1) is 38.3. The second-order valence-corrected chi connectivity index (χ2v) is 13.4. The molecular weight excluding hydrogens is 584 g/mol. The van der Waals surface area contributed by atoms with Crippen LogP contribution in [0.2, 0.25) is 0 Å². The molecule has 0 heterocycles. The average Bonchev–Trinajstić information content (AvgIpc) is 3.00. The summed E-state index contributed by atoms with van der Waals surface area (Å²) in [5.74, 6) is -2.22. The van der Waals surface area contributed by atoms with Crippen LogP contribution >= 0.6 is 0 Å². The summed E-state index contributed by atoms with van der Waals surface area (Å²) in [4.78, 5) is 53.3. The molecule has 0 aliphatic carbocycles. The molecule has 0 aliphatic heterocycles. The zero-order valence-corrected chi connectivity index (χ0v) is 28.4. The fourth-order valence-electron chi connectivity index (χ4n) is 5.51. The third-order valence-corrected chi connectivity index (χ3v) is 8.34. The van der Waals surface area contributed by atoms with Gasteiger partial charge in [0.25, 0.3) is 0 Å². The molecule has 2 aromatic carbocycles. The first-order chi connectivity index (χ1) is 21.7. The smallest absolute Gasteiger partial charge is 0.243 e. The molecule has 2 rings (SSSR count). The summed E-state index contributed by atoms with van der Waals surface area (Å²) in [6.07, 6.45) is -0.876. The molecule has 0 saturated carbocycles. The Morgan fingerprint density at radius 3 is 1.87 bits per heavy atom. The van der Waals surface area contributed by atoms with Crippen molar-refractivity contribution in [2.45, 2.75) is 105 Å². The number of aliphatic hydroxyl groups excluding tert-OH is 1. The molecule has 4 N–H and O–H groups in total. The van der Waals surface area contributed by atoms with Crippen LogP contribution in [0.25, 0.3) is 0 Å². The van der Waals surface area contributed by atoms with Crippen LogP contribution in [0.15, 0.2) is 60.7 Å². The molecule has 10 nitrogen and oxygen atoms in total. The largest absolute Gasteiger partial charge is 0.530 e. The van der Waals surface area contributed by atoms with Crippen LogP contribution in [0, 0.1) is 17.3 Å². The van der Waals surface area contributed by atoms with Gasteiger partial charge in [-0.25, -0.2) is 0 Å². The molecule has 0 bridgehead atoms. The summed E-state index contributed by atoms with van der Waals surface area (Å²) in [7, 11) is 0. The monoisotopic (exact) mass is 637 g/mol. The fourth-order valence-corrected chi connectivity index (χ4v) is 5.51. The minimum absolute atomic E-state index is 0.00263. The number of nitrogens with zero attached hydrogens (tertiary/aromatic N) is 1. The summed E-state index contributed by atoms with van der Waals surface area (Å²) in [5.41, 5.74) is 1.01. The molecule has 4 atom stereocenters. The topological polar surface area (TPSA) is 151 Å². The Labute approximate surface area is 274 Å². The Balaban J connectivity index is 2.25. The van der Waals surface area contributed by atoms with E-state index >= 15 is 0 Å². The maximum absolute atomic E-state index is 13.8. The van der Waals surface area contributed by atoms with Crippen molar-refractivity contribution >= 4 is 23.8 Å².